The standard InChI is InChI=1S/C51H92O6/c1-4-7-10-13-16-19-22-24-26-28-29-32-35-38-41-44-50(53)56-47-48(46-55-49(52)43-40-37-34-31-21-18-15-12-9-6-3)57-51(54)45-42-39-36-33-30-27-25-23-20-17-14-11-8-5-2/h16,19,23-26,48H,4-15,17-18,20-22,27-47H2,1-3H3/b19-16-,25-23-,26-24-. The first-order valence-electron chi connectivity index (χ1n) is 24.5. The smallest absolute Gasteiger partial charge is 0.306 e. The van der Waals surface area contributed by atoms with Gasteiger partial charge in [-0.25, -0.2) is 0 Å². The van der Waals surface area contributed by atoms with Crippen molar-refractivity contribution in [1.82, 2.24) is 0 Å². The molecule has 0 N–H and O–H groups in total. The Morgan fingerprint density at radius 2 is 0.632 bits per heavy atom. The van der Waals surface area contributed by atoms with Crippen molar-refractivity contribution in [3.63, 3.8) is 0 Å². The van der Waals surface area contributed by atoms with E-state index in [4.69, 9.17) is 14.2 Å². The van der Waals surface area contributed by atoms with Crippen LogP contribution in [0.25, 0.3) is 0 Å². The summed E-state index contributed by atoms with van der Waals surface area (Å²) in [4.78, 5) is 37.8. The molecule has 1 atom stereocenters. The van der Waals surface area contributed by atoms with E-state index in [9.17, 15) is 14.4 Å². The van der Waals surface area contributed by atoms with Gasteiger partial charge in [-0.2, -0.15) is 0 Å². The third-order valence-corrected chi connectivity index (χ3v) is 10.6. The number of rotatable bonds is 44. The van der Waals surface area contributed by atoms with E-state index in [0.717, 1.165) is 89.9 Å². The van der Waals surface area contributed by atoms with Crippen LogP contribution >= 0.6 is 0 Å². The lowest BCUT2D eigenvalue weighted by Crippen LogP contribution is -2.30. The highest BCUT2D eigenvalue weighted by atomic mass is 16.6. The summed E-state index contributed by atoms with van der Waals surface area (Å²) in [5, 5.41) is 0. The van der Waals surface area contributed by atoms with Crippen LogP contribution < -0.4 is 0 Å². The molecule has 0 saturated heterocycles. The van der Waals surface area contributed by atoms with E-state index in [0.29, 0.717) is 19.3 Å². The van der Waals surface area contributed by atoms with E-state index in [2.05, 4.69) is 57.2 Å². The van der Waals surface area contributed by atoms with Gasteiger partial charge in [0.05, 0.1) is 0 Å². The molecule has 0 rings (SSSR count). The highest BCUT2D eigenvalue weighted by Crippen LogP contribution is 2.14. The summed E-state index contributed by atoms with van der Waals surface area (Å²) >= 11 is 0. The summed E-state index contributed by atoms with van der Waals surface area (Å²) in [5.74, 6) is -0.897. The van der Waals surface area contributed by atoms with Gasteiger partial charge in [0.15, 0.2) is 6.10 Å². The molecule has 57 heavy (non-hydrogen) atoms. The van der Waals surface area contributed by atoms with Crippen LogP contribution in [-0.2, 0) is 28.6 Å². The van der Waals surface area contributed by atoms with E-state index in [1.54, 1.807) is 0 Å². The Labute approximate surface area is 353 Å². The van der Waals surface area contributed by atoms with E-state index >= 15 is 0 Å². The molecule has 0 saturated carbocycles. The van der Waals surface area contributed by atoms with Crippen LogP contribution in [0.1, 0.15) is 252 Å². The predicted molar refractivity (Wildman–Crippen MR) is 242 cm³/mol. The zero-order chi connectivity index (χ0) is 41.5. The van der Waals surface area contributed by atoms with Crippen molar-refractivity contribution in [2.75, 3.05) is 13.2 Å². The fraction of sp³-hybridized carbons (Fsp3) is 0.824. The van der Waals surface area contributed by atoms with Gasteiger partial charge in [-0.05, 0) is 77.0 Å². The van der Waals surface area contributed by atoms with Gasteiger partial charge in [0, 0.05) is 19.3 Å². The van der Waals surface area contributed by atoms with Crippen LogP contribution in [0.3, 0.4) is 0 Å². The lowest BCUT2D eigenvalue weighted by molar-refractivity contribution is -0.167. The number of allylic oxidation sites excluding steroid dienone is 6. The number of hydrogen-bond acceptors (Lipinski definition) is 6. The van der Waals surface area contributed by atoms with Crippen LogP contribution in [0.2, 0.25) is 0 Å². The predicted octanol–water partition coefficient (Wildman–Crippen LogP) is 15.8. The molecule has 0 heterocycles. The molecule has 0 aromatic carbocycles. The quantitative estimate of drug-likeness (QED) is 0.0264. The molecule has 0 fully saturated rings. The molecule has 0 amide bonds. The lowest BCUT2D eigenvalue weighted by Gasteiger charge is -2.18. The monoisotopic (exact) mass is 801 g/mol. The third-order valence-electron chi connectivity index (χ3n) is 10.6. The van der Waals surface area contributed by atoms with Gasteiger partial charge >= 0.3 is 17.9 Å². The third kappa shape index (κ3) is 44.6. The Bertz CT molecular complexity index is 969. The second kappa shape index (κ2) is 46.3. The molecule has 6 nitrogen and oxygen atoms in total. The van der Waals surface area contributed by atoms with Crippen LogP contribution in [0.15, 0.2) is 36.5 Å². The SMILES string of the molecule is CCCCC/C=C\C/C=C\CCCCCCCC(=O)OCC(COC(=O)CCCCCCCCCCCC)OC(=O)CCCCCCC/C=C\CCCCCCC. The molecular weight excluding hydrogens is 709 g/mol. The van der Waals surface area contributed by atoms with Crippen LogP contribution in [0.4, 0.5) is 0 Å². The number of carbonyl (C=O) groups is 3. The Balaban J connectivity index is 4.38. The molecule has 0 aliphatic carbocycles. The number of carbonyl (C=O) groups excluding carboxylic acids is 3. The number of hydrogen-bond donors (Lipinski definition) is 0. The molecule has 0 aromatic heterocycles. The zero-order valence-corrected chi connectivity index (χ0v) is 37.9. The van der Waals surface area contributed by atoms with Crippen LogP contribution in [-0.4, -0.2) is 37.2 Å². The molecule has 0 aliphatic rings. The summed E-state index contributed by atoms with van der Waals surface area (Å²) in [6.07, 6.45) is 52.6. The second-order valence-electron chi connectivity index (χ2n) is 16.4. The first kappa shape index (κ1) is 54.6. The first-order chi connectivity index (χ1) is 28.0. The Morgan fingerprint density at radius 3 is 1.02 bits per heavy atom. The normalized spacial score (nSPS) is 12.3. The van der Waals surface area contributed by atoms with Crippen molar-refractivity contribution in [3.05, 3.63) is 36.5 Å². The average Bonchev–Trinajstić information content (AvgIpc) is 3.21. The van der Waals surface area contributed by atoms with Gasteiger partial charge in [0.25, 0.3) is 0 Å². The van der Waals surface area contributed by atoms with Crippen LogP contribution in [0, 0.1) is 0 Å². The molecule has 1 unspecified atom stereocenters. The average molecular weight is 801 g/mol. The molecular formula is C51H92O6. The molecule has 0 radical (unpaired) electrons. The summed E-state index contributed by atoms with van der Waals surface area (Å²) < 4.78 is 16.7. The fourth-order valence-corrected chi connectivity index (χ4v) is 6.88. The van der Waals surface area contributed by atoms with Gasteiger partial charge in [-0.1, -0.05) is 192 Å². The minimum Gasteiger partial charge on any atom is -0.462 e. The van der Waals surface area contributed by atoms with Crippen LogP contribution in [0.5, 0.6) is 0 Å². The Morgan fingerprint density at radius 1 is 0.351 bits per heavy atom. The molecule has 6 heteroatoms. The summed E-state index contributed by atoms with van der Waals surface area (Å²) in [7, 11) is 0. The van der Waals surface area contributed by atoms with Crippen molar-refractivity contribution in [2.24, 2.45) is 0 Å². The zero-order valence-electron chi connectivity index (χ0n) is 37.9. The highest BCUT2D eigenvalue weighted by molar-refractivity contribution is 5.71. The number of ether oxygens (including phenoxy) is 3. The summed E-state index contributed by atoms with van der Waals surface area (Å²) in [6.45, 7) is 6.58. The molecule has 0 spiro atoms. The summed E-state index contributed by atoms with van der Waals surface area (Å²) in [5.41, 5.74) is 0. The van der Waals surface area contributed by atoms with E-state index in [-0.39, 0.29) is 31.1 Å². The van der Waals surface area contributed by atoms with Crippen molar-refractivity contribution >= 4 is 17.9 Å². The molecule has 0 aliphatic heterocycles. The van der Waals surface area contributed by atoms with Crippen molar-refractivity contribution in [3.8, 4) is 0 Å². The first-order valence-corrected chi connectivity index (χ1v) is 24.5. The lowest BCUT2D eigenvalue weighted by atomic mass is 10.1. The maximum Gasteiger partial charge on any atom is 0.306 e. The highest BCUT2D eigenvalue weighted by Gasteiger charge is 2.19. The minimum absolute atomic E-state index is 0.0778. The van der Waals surface area contributed by atoms with Crippen molar-refractivity contribution < 1.29 is 28.6 Å². The van der Waals surface area contributed by atoms with E-state index < -0.39 is 6.10 Å². The van der Waals surface area contributed by atoms with E-state index in [1.165, 1.54) is 122 Å². The van der Waals surface area contributed by atoms with Crippen molar-refractivity contribution in [2.45, 2.75) is 258 Å². The van der Waals surface area contributed by atoms with Gasteiger partial charge < -0.3 is 14.2 Å². The Hall–Kier alpha value is -2.37. The van der Waals surface area contributed by atoms with Gasteiger partial charge in [0.2, 0.25) is 0 Å². The number of unbranched alkanes of at least 4 members (excludes halogenated alkanes) is 27. The maximum atomic E-state index is 12.7. The second-order valence-corrected chi connectivity index (χ2v) is 16.4. The summed E-state index contributed by atoms with van der Waals surface area (Å²) in [6, 6.07) is 0. The minimum atomic E-state index is -0.777. The molecule has 0 bridgehead atoms. The topological polar surface area (TPSA) is 78.9 Å². The van der Waals surface area contributed by atoms with Gasteiger partial charge in [-0.3, -0.25) is 14.4 Å². The van der Waals surface area contributed by atoms with Crippen molar-refractivity contribution in [1.29, 1.82) is 0 Å². The molecule has 0 aromatic rings. The molecule has 332 valence electrons. The maximum absolute atomic E-state index is 12.7. The van der Waals surface area contributed by atoms with Gasteiger partial charge in [0.1, 0.15) is 13.2 Å². The van der Waals surface area contributed by atoms with E-state index in [1.807, 2.05) is 0 Å². The number of esters is 3. The van der Waals surface area contributed by atoms with Gasteiger partial charge in [-0.15, -0.1) is 0 Å². The largest absolute Gasteiger partial charge is 0.462 e. The Kier molecular flexibility index (Phi) is 44.4. The fourth-order valence-electron chi connectivity index (χ4n) is 6.88.